The molecule has 1 saturated carbocycles. The number of nitrogens with one attached hydrogen (secondary N) is 2. The molecule has 1 saturated heterocycles. The van der Waals surface area contributed by atoms with Gasteiger partial charge < -0.3 is 19.9 Å². The maximum absolute atomic E-state index is 15.8. The predicted molar refractivity (Wildman–Crippen MR) is 166 cm³/mol. The summed E-state index contributed by atoms with van der Waals surface area (Å²) in [7, 11) is 1.34. The number of hydroxylamine groups is 3. The second kappa shape index (κ2) is 10.5. The lowest BCUT2D eigenvalue weighted by molar-refractivity contribution is -0.940. The van der Waals surface area contributed by atoms with Crippen molar-refractivity contribution < 1.29 is 23.4 Å². The summed E-state index contributed by atoms with van der Waals surface area (Å²) in [5, 5.41) is 27.5. The van der Waals surface area contributed by atoms with E-state index in [1.54, 1.807) is 36.4 Å². The maximum atomic E-state index is 15.8. The highest BCUT2D eigenvalue weighted by Gasteiger charge is 2.70. The number of likely N-dealkylation sites (tertiary alicyclic amines) is 1. The molecular formula is C33H31Cl2FN4O4. The largest absolute Gasteiger partial charge is 0.632 e. The number of aryl methyl sites for hydroxylation is 2. The third kappa shape index (κ3) is 4.20. The molecule has 2 fully saturated rings. The minimum atomic E-state index is -1.61. The molecule has 3 aromatic carbocycles. The molecule has 7 rings (SSSR count). The van der Waals surface area contributed by atoms with E-state index in [1.807, 2.05) is 13.0 Å². The van der Waals surface area contributed by atoms with Gasteiger partial charge in [-0.25, -0.2) is 9.18 Å². The van der Waals surface area contributed by atoms with Crippen LogP contribution in [-0.4, -0.2) is 46.4 Å². The number of esters is 1. The summed E-state index contributed by atoms with van der Waals surface area (Å²) < 4.78 is 19.9. The number of quaternary nitrogens is 1. The number of rotatable bonds is 7. The minimum Gasteiger partial charge on any atom is -0.632 e. The van der Waals surface area contributed by atoms with Crippen LogP contribution >= 0.6 is 23.2 Å². The fourth-order valence-electron chi connectivity index (χ4n) is 7.73. The minimum absolute atomic E-state index is 0.0485. The number of ether oxygens (including phenoxy) is 1. The normalized spacial score (nSPS) is 25.9. The number of nitrogens with zero attached hydrogens (tertiary/aromatic N) is 2. The average Bonchev–Trinajstić information content (AvgIpc) is 3.54. The summed E-state index contributed by atoms with van der Waals surface area (Å²) in [5.74, 6) is -2.05. The number of fused-ring (bicyclic) bond motifs is 3. The van der Waals surface area contributed by atoms with Crippen molar-refractivity contribution in [3.8, 4) is 0 Å². The van der Waals surface area contributed by atoms with Crippen LogP contribution in [0.15, 0.2) is 48.5 Å². The van der Waals surface area contributed by atoms with Crippen LogP contribution in [0.25, 0.3) is 10.9 Å². The first kappa shape index (κ1) is 29.2. The van der Waals surface area contributed by atoms with Crippen LogP contribution in [0.4, 0.5) is 10.1 Å². The quantitative estimate of drug-likeness (QED) is 0.127. The van der Waals surface area contributed by atoms with Gasteiger partial charge in [0.15, 0.2) is 0 Å². The van der Waals surface area contributed by atoms with E-state index in [4.69, 9.17) is 27.9 Å². The second-order valence-electron chi connectivity index (χ2n) is 12.3. The highest BCUT2D eigenvalue weighted by Crippen LogP contribution is 2.63. The van der Waals surface area contributed by atoms with Gasteiger partial charge in [-0.1, -0.05) is 41.4 Å². The van der Waals surface area contributed by atoms with E-state index in [9.17, 15) is 9.59 Å². The Hall–Kier alpha value is -3.50. The molecule has 1 unspecified atom stereocenters. The number of carbonyl (C=O) groups is 2. The van der Waals surface area contributed by atoms with E-state index in [2.05, 4.69) is 15.5 Å². The Labute approximate surface area is 263 Å². The van der Waals surface area contributed by atoms with E-state index in [1.165, 1.54) is 13.2 Å². The van der Waals surface area contributed by atoms with Gasteiger partial charge in [0, 0.05) is 40.4 Å². The smallest absolute Gasteiger partial charge is 0.338 e. The van der Waals surface area contributed by atoms with Gasteiger partial charge in [0.1, 0.15) is 5.82 Å². The Morgan fingerprint density at radius 3 is 2.75 bits per heavy atom. The first-order valence-corrected chi connectivity index (χ1v) is 15.5. The van der Waals surface area contributed by atoms with Crippen LogP contribution in [0.2, 0.25) is 10.0 Å². The first-order chi connectivity index (χ1) is 21.1. The van der Waals surface area contributed by atoms with Gasteiger partial charge in [-0.2, -0.15) is 5.10 Å². The standard InChI is InChI=1S/C33H31Cl2FN4O4/c1-17-21(31(41)44-2)10-11-23-27(38-39-30(17)23)13-9-20-15-25(22-4-3-5-26(35)29(22)36)33(40(20,43)16-18-6-7-18)24-12-8-19(34)14-28(24)37-32(33)42/h3-5,8,10-12,14,18,20,25H,6-7,9,13,15-16H2,1-2H3,(H,37,42)(H,38,39)/t20-,25+,33+,40?/m0/s1. The first-order valence-electron chi connectivity index (χ1n) is 14.8. The molecular weight excluding hydrogens is 606 g/mol. The van der Waals surface area contributed by atoms with E-state index < -0.39 is 39.8 Å². The Bertz CT molecular complexity index is 1840. The van der Waals surface area contributed by atoms with Crippen molar-refractivity contribution in [3.05, 3.63) is 97.5 Å². The molecule has 1 aliphatic carbocycles. The summed E-state index contributed by atoms with van der Waals surface area (Å²) in [6.45, 7) is 2.08. The highest BCUT2D eigenvalue weighted by atomic mass is 35.5. The lowest BCUT2D eigenvalue weighted by Crippen LogP contribution is -2.63. The zero-order valence-electron chi connectivity index (χ0n) is 24.3. The number of anilines is 1. The number of hydrogen-bond donors (Lipinski definition) is 2. The van der Waals surface area contributed by atoms with Gasteiger partial charge in [-0.05, 0) is 67.6 Å². The number of methoxy groups -OCH3 is 1. The van der Waals surface area contributed by atoms with Gasteiger partial charge in [0.2, 0.25) is 5.54 Å². The molecule has 2 aliphatic heterocycles. The second-order valence-corrected chi connectivity index (χ2v) is 13.1. The molecule has 3 aliphatic rings. The molecule has 4 atom stereocenters. The molecule has 1 aromatic heterocycles. The van der Waals surface area contributed by atoms with E-state index in [0.717, 1.165) is 23.9 Å². The van der Waals surface area contributed by atoms with Crippen LogP contribution < -0.4 is 5.32 Å². The average molecular weight is 638 g/mol. The van der Waals surface area contributed by atoms with Crippen molar-refractivity contribution in [3.63, 3.8) is 0 Å². The van der Waals surface area contributed by atoms with Gasteiger partial charge in [0.25, 0.3) is 5.91 Å². The number of halogens is 3. The number of carbonyl (C=O) groups excluding carboxylic acids is 2. The van der Waals surface area contributed by atoms with Crippen molar-refractivity contribution in [2.24, 2.45) is 5.92 Å². The van der Waals surface area contributed by atoms with Crippen molar-refractivity contribution in [1.29, 1.82) is 0 Å². The Kier molecular flexibility index (Phi) is 7.01. The number of benzene rings is 3. The van der Waals surface area contributed by atoms with E-state index in [-0.39, 0.29) is 23.0 Å². The SMILES string of the molecule is COC(=O)c1ccc2c(CC[C@H]3C[C@H](c4cccc(Cl)c4F)[C@]4(C(=O)Nc5cc(Cl)ccc54)[N+]3([O-])CC3CC3)[nH]nc2c1C. The molecule has 11 heteroatoms. The number of amides is 1. The third-order valence-corrected chi connectivity index (χ3v) is 10.5. The van der Waals surface area contributed by atoms with Gasteiger partial charge >= 0.3 is 5.97 Å². The summed E-state index contributed by atoms with van der Waals surface area (Å²) in [4.78, 5) is 26.5. The number of H-pyrrole nitrogens is 1. The number of aromatic amines is 1. The molecule has 44 heavy (non-hydrogen) atoms. The van der Waals surface area contributed by atoms with Gasteiger partial charge in [0.05, 0.1) is 47.4 Å². The van der Waals surface area contributed by atoms with Crippen LogP contribution in [0.3, 0.4) is 0 Å². The van der Waals surface area contributed by atoms with Crippen LogP contribution in [0, 0.1) is 23.9 Å². The number of aromatic nitrogens is 2. The molecule has 0 radical (unpaired) electrons. The fourth-order valence-corrected chi connectivity index (χ4v) is 8.08. The molecule has 2 N–H and O–H groups in total. The zero-order chi connectivity index (χ0) is 31.0. The topological polar surface area (TPSA) is 107 Å². The summed E-state index contributed by atoms with van der Waals surface area (Å²) in [5.41, 5.74) is 2.32. The third-order valence-electron chi connectivity index (χ3n) is 9.96. The lowest BCUT2D eigenvalue weighted by Gasteiger charge is -2.54. The van der Waals surface area contributed by atoms with Crippen molar-refractivity contribution in [2.45, 2.75) is 56.5 Å². The molecule has 228 valence electrons. The molecule has 4 aromatic rings. The fraction of sp³-hybridized carbons (Fsp3) is 0.364. The Morgan fingerprint density at radius 1 is 1.20 bits per heavy atom. The van der Waals surface area contributed by atoms with Crippen molar-refractivity contribution in [1.82, 2.24) is 10.2 Å². The van der Waals surface area contributed by atoms with Crippen LogP contribution in [-0.2, 0) is 21.5 Å². The summed E-state index contributed by atoms with van der Waals surface area (Å²) >= 11 is 12.6. The van der Waals surface area contributed by atoms with Crippen molar-refractivity contribution >= 4 is 51.7 Å². The Morgan fingerprint density at radius 2 is 2.00 bits per heavy atom. The highest BCUT2D eigenvalue weighted by molar-refractivity contribution is 6.31. The molecule has 3 heterocycles. The van der Waals surface area contributed by atoms with Gasteiger partial charge in [-0.15, -0.1) is 0 Å². The van der Waals surface area contributed by atoms with Crippen LogP contribution in [0.1, 0.15) is 64.3 Å². The van der Waals surface area contributed by atoms with E-state index in [0.29, 0.717) is 52.2 Å². The Balaban J connectivity index is 1.34. The molecule has 0 bridgehead atoms. The number of hydrogen-bond acceptors (Lipinski definition) is 5. The monoisotopic (exact) mass is 636 g/mol. The zero-order valence-corrected chi connectivity index (χ0v) is 25.8. The van der Waals surface area contributed by atoms with Crippen LogP contribution in [0.5, 0.6) is 0 Å². The molecule has 1 amide bonds. The van der Waals surface area contributed by atoms with Gasteiger partial charge in [-0.3, -0.25) is 9.89 Å². The summed E-state index contributed by atoms with van der Waals surface area (Å²) in [6.07, 6.45) is 3.04. The molecule has 8 nitrogen and oxygen atoms in total. The van der Waals surface area contributed by atoms with Crippen molar-refractivity contribution in [2.75, 3.05) is 19.0 Å². The molecule has 1 spiro atoms. The maximum Gasteiger partial charge on any atom is 0.338 e. The lowest BCUT2D eigenvalue weighted by atomic mass is 9.75. The van der Waals surface area contributed by atoms with E-state index >= 15 is 9.60 Å². The summed E-state index contributed by atoms with van der Waals surface area (Å²) in [6, 6.07) is 12.9. The predicted octanol–water partition coefficient (Wildman–Crippen LogP) is 7.16.